The fraction of sp³-hybridized carbons (Fsp3) is 0.529. The van der Waals surface area contributed by atoms with Gasteiger partial charge in [0.15, 0.2) is 0 Å². The summed E-state index contributed by atoms with van der Waals surface area (Å²) in [6.45, 7) is 10.2. The Bertz CT molecular complexity index is 505. The maximum Gasteiger partial charge on any atom is 0.0480 e. The van der Waals surface area contributed by atoms with E-state index in [4.69, 9.17) is 0 Å². The van der Waals surface area contributed by atoms with E-state index in [1.54, 1.807) is 0 Å². The Morgan fingerprint density at radius 3 is 2.63 bits per heavy atom. The predicted molar refractivity (Wildman–Crippen MR) is 83.5 cm³/mol. The van der Waals surface area contributed by atoms with E-state index in [0.717, 1.165) is 19.6 Å². The molecule has 2 aromatic rings. The quantitative estimate of drug-likeness (QED) is 0.773. The highest BCUT2D eigenvalue weighted by Gasteiger charge is 2.08. The number of aromatic nitrogens is 1. The Hall–Kier alpha value is -1.28. The molecule has 19 heavy (non-hydrogen) atoms. The monoisotopic (exact) mass is 258 g/mol. The van der Waals surface area contributed by atoms with Crippen LogP contribution in [0.3, 0.4) is 0 Å². The lowest BCUT2D eigenvalue weighted by Gasteiger charge is -2.18. The van der Waals surface area contributed by atoms with Gasteiger partial charge in [-0.15, -0.1) is 0 Å². The fourth-order valence-electron chi connectivity index (χ4n) is 2.30. The summed E-state index contributed by atoms with van der Waals surface area (Å²) in [6.07, 6.45) is 4.61. The minimum Gasteiger partial charge on any atom is -0.347 e. The van der Waals surface area contributed by atoms with Gasteiger partial charge in [-0.1, -0.05) is 39.0 Å². The summed E-state index contributed by atoms with van der Waals surface area (Å²) in [6, 6.07) is 10.8. The average molecular weight is 258 g/mol. The van der Waals surface area contributed by atoms with Gasteiger partial charge in [0.2, 0.25) is 0 Å². The van der Waals surface area contributed by atoms with E-state index in [1.807, 2.05) is 0 Å². The lowest BCUT2D eigenvalue weighted by molar-refractivity contribution is 0.366. The van der Waals surface area contributed by atoms with Gasteiger partial charge in [0.1, 0.15) is 0 Å². The molecular formula is C17H26N2. The summed E-state index contributed by atoms with van der Waals surface area (Å²) >= 11 is 0. The number of benzene rings is 1. The minimum absolute atomic E-state index is 0.434. The van der Waals surface area contributed by atoms with Crippen LogP contribution in [0.2, 0.25) is 0 Å². The highest BCUT2D eigenvalue weighted by Crippen LogP contribution is 2.17. The third-order valence-electron chi connectivity index (χ3n) is 3.48. The molecule has 0 unspecified atom stereocenters. The highest BCUT2D eigenvalue weighted by atomic mass is 15.0. The summed E-state index contributed by atoms with van der Waals surface area (Å²) < 4.78 is 2.35. The van der Waals surface area contributed by atoms with Crippen LogP contribution in [-0.4, -0.2) is 17.7 Å². The molecule has 1 N–H and O–H groups in total. The summed E-state index contributed by atoms with van der Waals surface area (Å²) in [7, 11) is 0. The molecule has 2 nitrogen and oxygen atoms in total. The molecule has 0 aliphatic rings. The van der Waals surface area contributed by atoms with Crippen LogP contribution in [0.1, 0.15) is 33.6 Å². The third-order valence-corrected chi connectivity index (χ3v) is 3.48. The van der Waals surface area contributed by atoms with Gasteiger partial charge in [-0.3, -0.25) is 0 Å². The summed E-state index contributed by atoms with van der Waals surface area (Å²) in [4.78, 5) is 0. The first-order valence-corrected chi connectivity index (χ1v) is 7.31. The molecule has 0 bridgehead atoms. The van der Waals surface area contributed by atoms with E-state index in [2.05, 4.69) is 67.2 Å². The minimum atomic E-state index is 0.434. The van der Waals surface area contributed by atoms with E-state index in [9.17, 15) is 0 Å². The number of nitrogens with one attached hydrogen (secondary N) is 1. The molecule has 2 heteroatoms. The smallest absolute Gasteiger partial charge is 0.0480 e. The van der Waals surface area contributed by atoms with E-state index in [-0.39, 0.29) is 0 Å². The van der Waals surface area contributed by atoms with Crippen LogP contribution in [0, 0.1) is 5.41 Å². The molecule has 0 spiro atoms. The van der Waals surface area contributed by atoms with Crippen molar-refractivity contribution in [3.05, 3.63) is 36.5 Å². The van der Waals surface area contributed by atoms with Crippen molar-refractivity contribution in [1.82, 2.24) is 9.88 Å². The second-order valence-electron chi connectivity index (χ2n) is 6.48. The second kappa shape index (κ2) is 6.25. The predicted octanol–water partition coefficient (Wildman–Crippen LogP) is 4.06. The fourth-order valence-corrected chi connectivity index (χ4v) is 2.30. The number of hydrogen-bond acceptors (Lipinski definition) is 1. The van der Waals surface area contributed by atoms with Crippen molar-refractivity contribution in [3.8, 4) is 0 Å². The van der Waals surface area contributed by atoms with Crippen LogP contribution in [0.15, 0.2) is 36.5 Å². The standard InChI is InChI=1S/C17H26N2/c1-17(2,3)10-12-18-11-6-13-19-14-9-15-7-4-5-8-16(15)19/h4-5,7-9,14,18H,6,10-13H2,1-3H3. The van der Waals surface area contributed by atoms with Crippen molar-refractivity contribution >= 4 is 10.9 Å². The zero-order valence-corrected chi connectivity index (χ0v) is 12.4. The molecule has 0 aliphatic carbocycles. The molecule has 104 valence electrons. The van der Waals surface area contributed by atoms with E-state index < -0.39 is 0 Å². The molecule has 0 radical (unpaired) electrons. The maximum absolute atomic E-state index is 3.54. The number of para-hydroxylation sites is 1. The van der Waals surface area contributed by atoms with Crippen LogP contribution < -0.4 is 5.32 Å². The number of hydrogen-bond donors (Lipinski definition) is 1. The number of nitrogens with zero attached hydrogens (tertiary/aromatic N) is 1. The van der Waals surface area contributed by atoms with Crippen LogP contribution in [0.5, 0.6) is 0 Å². The Labute approximate surface area is 116 Å². The first-order chi connectivity index (χ1) is 9.06. The Kier molecular flexibility index (Phi) is 4.65. The van der Waals surface area contributed by atoms with Crippen molar-refractivity contribution in [2.24, 2.45) is 5.41 Å². The third kappa shape index (κ3) is 4.39. The Balaban J connectivity index is 1.71. The molecule has 1 aromatic carbocycles. The zero-order chi connectivity index (χ0) is 13.7. The number of fused-ring (bicyclic) bond motifs is 1. The largest absolute Gasteiger partial charge is 0.347 e. The van der Waals surface area contributed by atoms with Crippen LogP contribution >= 0.6 is 0 Å². The number of rotatable bonds is 6. The van der Waals surface area contributed by atoms with Crippen molar-refractivity contribution < 1.29 is 0 Å². The van der Waals surface area contributed by atoms with E-state index >= 15 is 0 Å². The van der Waals surface area contributed by atoms with Crippen molar-refractivity contribution in [3.63, 3.8) is 0 Å². The normalized spacial score (nSPS) is 12.2. The Morgan fingerprint density at radius 1 is 1.05 bits per heavy atom. The topological polar surface area (TPSA) is 17.0 Å². The van der Waals surface area contributed by atoms with Crippen molar-refractivity contribution in [1.29, 1.82) is 0 Å². The van der Waals surface area contributed by atoms with Gasteiger partial charge in [-0.25, -0.2) is 0 Å². The van der Waals surface area contributed by atoms with Gasteiger partial charge >= 0.3 is 0 Å². The van der Waals surface area contributed by atoms with E-state index in [1.165, 1.54) is 23.7 Å². The lowest BCUT2D eigenvalue weighted by atomic mass is 9.92. The molecule has 1 aromatic heterocycles. The van der Waals surface area contributed by atoms with Gasteiger partial charge in [0, 0.05) is 18.3 Å². The second-order valence-corrected chi connectivity index (χ2v) is 6.48. The molecular weight excluding hydrogens is 232 g/mol. The van der Waals surface area contributed by atoms with Gasteiger partial charge in [-0.2, -0.15) is 0 Å². The SMILES string of the molecule is CC(C)(C)CCNCCCn1ccc2ccccc21. The van der Waals surface area contributed by atoms with Gasteiger partial charge < -0.3 is 9.88 Å². The molecule has 0 amide bonds. The molecule has 0 saturated carbocycles. The van der Waals surface area contributed by atoms with Crippen LogP contribution in [0.4, 0.5) is 0 Å². The summed E-state index contributed by atoms with van der Waals surface area (Å²) in [5.41, 5.74) is 1.78. The summed E-state index contributed by atoms with van der Waals surface area (Å²) in [5, 5.41) is 4.88. The molecule has 2 rings (SSSR count). The van der Waals surface area contributed by atoms with Gasteiger partial charge in [0.05, 0.1) is 0 Å². The van der Waals surface area contributed by atoms with Crippen LogP contribution in [-0.2, 0) is 6.54 Å². The van der Waals surface area contributed by atoms with Crippen molar-refractivity contribution in [2.45, 2.75) is 40.2 Å². The molecule has 0 fully saturated rings. The van der Waals surface area contributed by atoms with Crippen molar-refractivity contribution in [2.75, 3.05) is 13.1 Å². The average Bonchev–Trinajstić information content (AvgIpc) is 2.76. The van der Waals surface area contributed by atoms with Crippen LogP contribution in [0.25, 0.3) is 10.9 Å². The lowest BCUT2D eigenvalue weighted by Crippen LogP contribution is -2.22. The summed E-state index contributed by atoms with van der Waals surface area (Å²) in [5.74, 6) is 0. The van der Waals surface area contributed by atoms with Gasteiger partial charge in [-0.05, 0) is 48.9 Å². The number of aryl methyl sites for hydroxylation is 1. The highest BCUT2D eigenvalue weighted by molar-refractivity contribution is 5.79. The maximum atomic E-state index is 3.54. The molecule has 0 atom stereocenters. The Morgan fingerprint density at radius 2 is 1.84 bits per heavy atom. The first kappa shape index (κ1) is 14.1. The zero-order valence-electron chi connectivity index (χ0n) is 12.4. The molecule has 0 aliphatic heterocycles. The molecule has 1 heterocycles. The first-order valence-electron chi connectivity index (χ1n) is 7.31. The van der Waals surface area contributed by atoms with E-state index in [0.29, 0.717) is 5.41 Å². The van der Waals surface area contributed by atoms with Gasteiger partial charge in [0.25, 0.3) is 0 Å². The molecule has 0 saturated heterocycles.